The molecule has 1 aliphatic rings. The average molecular weight is 361 g/mol. The van der Waals surface area contributed by atoms with Gasteiger partial charge in [-0.2, -0.15) is 0 Å². The van der Waals surface area contributed by atoms with Crippen LogP contribution in [0.1, 0.15) is 43.4 Å². The molecule has 1 aliphatic carbocycles. The number of carbonyl (C=O) groups is 1. The molecule has 0 saturated heterocycles. The molecule has 0 aliphatic heterocycles. The first-order chi connectivity index (χ1) is 12.4. The van der Waals surface area contributed by atoms with Crippen LogP contribution in [0.2, 0.25) is 0 Å². The Balaban J connectivity index is 1.90. The fraction of sp³-hybridized carbons (Fsp3) is 0.474. The van der Waals surface area contributed by atoms with Gasteiger partial charge in [0.25, 0.3) is 0 Å². The van der Waals surface area contributed by atoms with Crippen LogP contribution in [-0.2, 0) is 16.1 Å². The maximum Gasteiger partial charge on any atom is 0.307 e. The van der Waals surface area contributed by atoms with E-state index in [1.165, 1.54) is 12.8 Å². The standard InChI is InChI=1S/C19H24FN3O3/c1-3-26-17(24)8-16(21)14-7-13(6-11(2)18(14)20)15-10-23(22-19(15)25)9-12-4-5-12/h6-7,10,12,16H,3-5,8-9,21H2,1-2H3,(H,22,25)/t16-/m0/s1. The molecule has 3 rings (SSSR count). The molecule has 1 aromatic carbocycles. The number of aryl methyl sites for hydroxylation is 1. The smallest absolute Gasteiger partial charge is 0.307 e. The summed E-state index contributed by atoms with van der Waals surface area (Å²) in [7, 11) is 0. The zero-order chi connectivity index (χ0) is 18.8. The van der Waals surface area contributed by atoms with Gasteiger partial charge >= 0.3 is 5.97 Å². The van der Waals surface area contributed by atoms with Crippen LogP contribution in [0.15, 0.2) is 18.3 Å². The highest BCUT2D eigenvalue weighted by Crippen LogP contribution is 2.35. The van der Waals surface area contributed by atoms with E-state index in [9.17, 15) is 14.3 Å². The first-order valence-corrected chi connectivity index (χ1v) is 8.87. The summed E-state index contributed by atoms with van der Waals surface area (Å²) in [5, 5.41) is 14.3. The van der Waals surface area contributed by atoms with E-state index in [0.717, 1.165) is 6.54 Å². The van der Waals surface area contributed by atoms with Crippen molar-refractivity contribution in [2.24, 2.45) is 11.7 Å². The van der Waals surface area contributed by atoms with E-state index in [1.54, 1.807) is 36.9 Å². The monoisotopic (exact) mass is 361 g/mol. The summed E-state index contributed by atoms with van der Waals surface area (Å²) in [6.07, 6.45) is 4.01. The quantitative estimate of drug-likeness (QED) is 0.740. The van der Waals surface area contributed by atoms with Crippen LogP contribution < -0.4 is 5.73 Å². The minimum atomic E-state index is -0.823. The maximum atomic E-state index is 14.6. The number of hydrogen-bond donors (Lipinski definition) is 2. The zero-order valence-electron chi connectivity index (χ0n) is 15.0. The largest absolute Gasteiger partial charge is 0.492 e. The van der Waals surface area contributed by atoms with Gasteiger partial charge < -0.3 is 15.6 Å². The van der Waals surface area contributed by atoms with Gasteiger partial charge in [-0.25, -0.2) is 4.39 Å². The highest BCUT2D eigenvalue weighted by Gasteiger charge is 2.24. The second kappa shape index (κ2) is 7.45. The molecule has 1 saturated carbocycles. The number of carbonyl (C=O) groups excluding carboxylic acids is 1. The predicted molar refractivity (Wildman–Crippen MR) is 94.9 cm³/mol. The van der Waals surface area contributed by atoms with Gasteiger partial charge in [0, 0.05) is 24.3 Å². The molecule has 0 bridgehead atoms. The van der Waals surface area contributed by atoms with Crippen molar-refractivity contribution in [1.29, 1.82) is 0 Å². The summed E-state index contributed by atoms with van der Waals surface area (Å²) in [5.74, 6) is -0.398. The molecule has 140 valence electrons. The Hall–Kier alpha value is -2.41. The molecule has 3 N–H and O–H groups in total. The second-order valence-electron chi connectivity index (χ2n) is 6.84. The number of nitrogens with two attached hydrogens (primary N) is 1. The van der Waals surface area contributed by atoms with E-state index >= 15 is 0 Å². The van der Waals surface area contributed by atoms with Gasteiger partial charge in [0.05, 0.1) is 18.6 Å². The lowest BCUT2D eigenvalue weighted by molar-refractivity contribution is -0.143. The van der Waals surface area contributed by atoms with Crippen molar-refractivity contribution >= 4 is 5.97 Å². The van der Waals surface area contributed by atoms with Gasteiger partial charge in [0.2, 0.25) is 5.88 Å². The second-order valence-corrected chi connectivity index (χ2v) is 6.84. The van der Waals surface area contributed by atoms with Crippen LogP contribution in [0.3, 0.4) is 0 Å². The van der Waals surface area contributed by atoms with Crippen LogP contribution >= 0.6 is 0 Å². The summed E-state index contributed by atoms with van der Waals surface area (Å²) >= 11 is 0. The van der Waals surface area contributed by atoms with Gasteiger partial charge in [-0.05, 0) is 55.9 Å². The first-order valence-electron chi connectivity index (χ1n) is 8.87. The lowest BCUT2D eigenvalue weighted by atomic mass is 9.96. The van der Waals surface area contributed by atoms with Crippen molar-refractivity contribution in [3.63, 3.8) is 0 Å². The molecule has 0 unspecified atom stereocenters. The summed E-state index contributed by atoms with van der Waals surface area (Å²) in [4.78, 5) is 11.7. The van der Waals surface area contributed by atoms with E-state index < -0.39 is 17.8 Å². The highest BCUT2D eigenvalue weighted by atomic mass is 19.1. The van der Waals surface area contributed by atoms with Gasteiger partial charge in [-0.15, -0.1) is 5.10 Å². The van der Waals surface area contributed by atoms with E-state index in [2.05, 4.69) is 5.10 Å². The number of ether oxygens (including phenoxy) is 1. The van der Waals surface area contributed by atoms with Crippen LogP contribution in [-0.4, -0.2) is 27.5 Å². The van der Waals surface area contributed by atoms with Crippen LogP contribution in [0.4, 0.5) is 4.39 Å². The number of nitrogens with zero attached hydrogens (tertiary/aromatic N) is 2. The maximum absolute atomic E-state index is 14.6. The number of aromatic hydroxyl groups is 1. The molecule has 1 fully saturated rings. The fourth-order valence-corrected chi connectivity index (χ4v) is 3.00. The third kappa shape index (κ3) is 4.04. The van der Waals surface area contributed by atoms with Gasteiger partial charge in [0.15, 0.2) is 0 Å². The number of rotatable bonds is 7. The summed E-state index contributed by atoms with van der Waals surface area (Å²) < 4.78 is 21.2. The zero-order valence-corrected chi connectivity index (χ0v) is 15.0. The SMILES string of the molecule is CCOC(=O)C[C@H](N)c1cc(-c2cn(CC3CC3)nc2O)cc(C)c1F. The number of esters is 1. The summed E-state index contributed by atoms with van der Waals surface area (Å²) in [6.45, 7) is 4.35. The van der Waals surface area contributed by atoms with E-state index in [4.69, 9.17) is 10.5 Å². The van der Waals surface area contributed by atoms with Crippen molar-refractivity contribution in [3.05, 3.63) is 35.3 Å². The third-order valence-corrected chi connectivity index (χ3v) is 4.57. The molecule has 0 spiro atoms. The Bertz CT molecular complexity index is 815. The summed E-state index contributed by atoms with van der Waals surface area (Å²) in [5.41, 5.74) is 7.80. The van der Waals surface area contributed by atoms with Gasteiger partial charge in [-0.1, -0.05) is 0 Å². The van der Waals surface area contributed by atoms with E-state index in [1.807, 2.05) is 0 Å². The van der Waals surface area contributed by atoms with Gasteiger partial charge in [0.1, 0.15) is 5.82 Å². The minimum absolute atomic E-state index is 0.0958. The van der Waals surface area contributed by atoms with Crippen LogP contribution in [0, 0.1) is 18.7 Å². The molecule has 1 atom stereocenters. The van der Waals surface area contributed by atoms with Crippen molar-refractivity contribution < 1.29 is 19.0 Å². The lowest BCUT2D eigenvalue weighted by Gasteiger charge is -2.15. The lowest BCUT2D eigenvalue weighted by Crippen LogP contribution is -2.19. The topological polar surface area (TPSA) is 90.4 Å². The average Bonchev–Trinajstić information content (AvgIpc) is 3.31. The van der Waals surface area contributed by atoms with E-state index in [0.29, 0.717) is 22.6 Å². The molecule has 1 heterocycles. The Morgan fingerprint density at radius 2 is 2.23 bits per heavy atom. The first kappa shape index (κ1) is 18.4. The molecule has 6 nitrogen and oxygen atoms in total. The number of benzene rings is 1. The van der Waals surface area contributed by atoms with Crippen molar-refractivity contribution in [2.75, 3.05) is 6.61 Å². The van der Waals surface area contributed by atoms with Gasteiger partial charge in [-0.3, -0.25) is 9.48 Å². The fourth-order valence-electron chi connectivity index (χ4n) is 3.00. The molecular formula is C19H24FN3O3. The molecule has 2 aromatic rings. The van der Waals surface area contributed by atoms with Crippen LogP contribution in [0.25, 0.3) is 11.1 Å². The third-order valence-electron chi connectivity index (χ3n) is 4.57. The molecule has 26 heavy (non-hydrogen) atoms. The normalized spacial score (nSPS) is 15.1. The van der Waals surface area contributed by atoms with Crippen molar-refractivity contribution in [2.45, 2.75) is 45.7 Å². The Kier molecular flexibility index (Phi) is 5.27. The molecule has 0 radical (unpaired) electrons. The van der Waals surface area contributed by atoms with Crippen molar-refractivity contribution in [1.82, 2.24) is 9.78 Å². The molecule has 7 heteroatoms. The summed E-state index contributed by atoms with van der Waals surface area (Å²) in [6, 6.07) is 2.40. The van der Waals surface area contributed by atoms with E-state index in [-0.39, 0.29) is 24.5 Å². The molecule has 0 amide bonds. The highest BCUT2D eigenvalue weighted by molar-refractivity contribution is 5.72. The number of hydrogen-bond acceptors (Lipinski definition) is 5. The van der Waals surface area contributed by atoms with Crippen LogP contribution in [0.5, 0.6) is 5.88 Å². The Morgan fingerprint density at radius 1 is 1.50 bits per heavy atom. The molecular weight excluding hydrogens is 337 g/mol. The Labute approximate surface area is 151 Å². The predicted octanol–water partition coefficient (Wildman–Crippen LogP) is 3.07. The number of halogens is 1. The molecule has 1 aromatic heterocycles. The minimum Gasteiger partial charge on any atom is -0.492 e. The Morgan fingerprint density at radius 3 is 2.88 bits per heavy atom. The van der Waals surface area contributed by atoms with Crippen molar-refractivity contribution in [3.8, 4) is 17.0 Å². The number of aromatic nitrogens is 2.